The Balaban J connectivity index is 1.53. The van der Waals surface area contributed by atoms with Crippen LogP contribution >= 0.6 is 11.3 Å². The molecule has 1 atom stereocenters. The minimum absolute atomic E-state index is 0.0212. The summed E-state index contributed by atoms with van der Waals surface area (Å²) < 4.78 is 12.1. The van der Waals surface area contributed by atoms with Crippen LogP contribution in [-0.4, -0.2) is 40.0 Å². The van der Waals surface area contributed by atoms with Gasteiger partial charge in [0.1, 0.15) is 19.0 Å². The van der Waals surface area contributed by atoms with Crippen molar-refractivity contribution in [3.8, 4) is 11.5 Å². The van der Waals surface area contributed by atoms with E-state index >= 15 is 0 Å². The maximum atomic E-state index is 13.3. The van der Waals surface area contributed by atoms with Crippen molar-refractivity contribution in [2.24, 2.45) is 0 Å². The third kappa shape index (κ3) is 3.20. The van der Waals surface area contributed by atoms with Crippen LogP contribution in [0.1, 0.15) is 17.2 Å². The summed E-state index contributed by atoms with van der Waals surface area (Å²) in [6.45, 7) is 0.823. The van der Waals surface area contributed by atoms with Gasteiger partial charge in [-0.1, -0.05) is 23.5 Å². The summed E-state index contributed by atoms with van der Waals surface area (Å²) in [6.07, 6.45) is 3.16. The molecule has 168 valence electrons. The van der Waals surface area contributed by atoms with Gasteiger partial charge in [-0.2, -0.15) is 0 Å². The summed E-state index contributed by atoms with van der Waals surface area (Å²) in [5, 5.41) is 11.7. The Bertz CT molecular complexity index is 1450. The van der Waals surface area contributed by atoms with Gasteiger partial charge < -0.3 is 14.6 Å². The van der Waals surface area contributed by atoms with Crippen molar-refractivity contribution in [3.05, 3.63) is 83.7 Å². The summed E-state index contributed by atoms with van der Waals surface area (Å²) in [5.41, 5.74) is 1.69. The van der Waals surface area contributed by atoms with Gasteiger partial charge >= 0.3 is 5.91 Å². The van der Waals surface area contributed by atoms with E-state index in [4.69, 9.17) is 9.47 Å². The number of benzene rings is 2. The number of hydrogen-bond acceptors (Lipinski definition) is 8. The minimum Gasteiger partial charge on any atom is -0.507 e. The monoisotopic (exact) mass is 471 g/mol. The van der Waals surface area contributed by atoms with Crippen LogP contribution in [0, 0.1) is 0 Å². The number of Topliss-reactive ketones (excluding diaryl/α,β-unsaturated/α-hetero) is 1. The van der Waals surface area contributed by atoms with E-state index in [-0.39, 0.29) is 11.3 Å². The van der Waals surface area contributed by atoms with E-state index in [0.29, 0.717) is 41.0 Å². The lowest BCUT2D eigenvalue weighted by Gasteiger charge is -2.23. The zero-order chi connectivity index (χ0) is 23.2. The number of carbonyl (C=O) groups excluding carboxylic acids is 2. The molecule has 34 heavy (non-hydrogen) atoms. The lowest BCUT2D eigenvalue weighted by atomic mass is 9.96. The Hall–Kier alpha value is -4.24. The first kappa shape index (κ1) is 20.4. The molecule has 1 fully saturated rings. The van der Waals surface area contributed by atoms with E-state index in [1.54, 1.807) is 42.7 Å². The molecule has 2 aliphatic rings. The molecule has 1 unspecified atom stereocenters. The first-order valence-corrected chi connectivity index (χ1v) is 11.4. The van der Waals surface area contributed by atoms with Crippen LogP contribution in [0.15, 0.2) is 72.6 Å². The number of pyridine rings is 1. The molecule has 2 aliphatic heterocycles. The molecular formula is C25H17N3O5S. The molecule has 9 heteroatoms. The van der Waals surface area contributed by atoms with Gasteiger partial charge in [0.25, 0.3) is 5.78 Å². The molecule has 6 rings (SSSR count). The zero-order valence-electron chi connectivity index (χ0n) is 17.7. The highest BCUT2D eigenvalue weighted by molar-refractivity contribution is 7.22. The van der Waals surface area contributed by atoms with Crippen molar-refractivity contribution < 1.29 is 24.2 Å². The number of aromatic nitrogens is 2. The van der Waals surface area contributed by atoms with Gasteiger partial charge in [0.15, 0.2) is 16.6 Å². The number of ether oxygens (including phenoxy) is 2. The largest absolute Gasteiger partial charge is 0.507 e. The summed E-state index contributed by atoms with van der Waals surface area (Å²) in [6, 6.07) is 15.0. The van der Waals surface area contributed by atoms with Gasteiger partial charge in [-0.05, 0) is 48.0 Å². The minimum atomic E-state index is -0.864. The predicted octanol–water partition coefficient (Wildman–Crippen LogP) is 4.09. The molecule has 8 nitrogen and oxygen atoms in total. The fourth-order valence-corrected chi connectivity index (χ4v) is 5.19. The number of nitrogens with zero attached hydrogens (tertiary/aromatic N) is 3. The van der Waals surface area contributed by atoms with E-state index in [9.17, 15) is 14.7 Å². The van der Waals surface area contributed by atoms with Gasteiger partial charge in [0, 0.05) is 18.0 Å². The maximum Gasteiger partial charge on any atom is 0.301 e. The fraction of sp³-hybridized carbons (Fsp3) is 0.120. The summed E-state index contributed by atoms with van der Waals surface area (Å²) in [5.74, 6) is -0.797. The smallest absolute Gasteiger partial charge is 0.301 e. The maximum absolute atomic E-state index is 13.3. The van der Waals surface area contributed by atoms with Crippen LogP contribution < -0.4 is 14.4 Å². The van der Waals surface area contributed by atoms with E-state index < -0.39 is 17.7 Å². The van der Waals surface area contributed by atoms with Crippen LogP contribution in [0.25, 0.3) is 16.0 Å². The zero-order valence-corrected chi connectivity index (χ0v) is 18.5. The second kappa shape index (κ2) is 7.96. The molecule has 4 aromatic rings. The van der Waals surface area contributed by atoms with E-state index in [2.05, 4.69) is 9.97 Å². The highest BCUT2D eigenvalue weighted by Crippen LogP contribution is 2.44. The second-order valence-corrected chi connectivity index (χ2v) is 8.78. The number of ketones is 1. The summed E-state index contributed by atoms with van der Waals surface area (Å²) >= 11 is 1.31. The van der Waals surface area contributed by atoms with Crippen molar-refractivity contribution in [2.75, 3.05) is 18.1 Å². The average molecular weight is 471 g/mol. The number of fused-ring (bicyclic) bond motifs is 2. The average Bonchev–Trinajstić information content (AvgIpc) is 3.42. The molecule has 0 aliphatic carbocycles. The Morgan fingerprint density at radius 2 is 1.76 bits per heavy atom. The number of thiazole rings is 1. The fourth-order valence-electron chi connectivity index (χ4n) is 4.20. The quantitative estimate of drug-likeness (QED) is 0.273. The van der Waals surface area contributed by atoms with E-state index in [1.165, 1.54) is 16.2 Å². The van der Waals surface area contributed by atoms with Crippen LogP contribution in [0.2, 0.25) is 0 Å². The second-order valence-electron chi connectivity index (χ2n) is 7.77. The molecule has 0 spiro atoms. The predicted molar refractivity (Wildman–Crippen MR) is 126 cm³/mol. The number of hydrogen-bond donors (Lipinski definition) is 1. The molecule has 1 amide bonds. The Labute approximate surface area is 197 Å². The number of aliphatic hydroxyl groups is 1. The van der Waals surface area contributed by atoms with Gasteiger partial charge in [-0.25, -0.2) is 4.98 Å². The lowest BCUT2D eigenvalue weighted by molar-refractivity contribution is -0.132. The topological polar surface area (TPSA) is 102 Å². The van der Waals surface area contributed by atoms with Gasteiger partial charge in [0.2, 0.25) is 0 Å². The third-order valence-corrected chi connectivity index (χ3v) is 6.81. The molecular weight excluding hydrogens is 454 g/mol. The van der Waals surface area contributed by atoms with E-state index in [1.807, 2.05) is 24.3 Å². The molecule has 0 radical (unpaired) electrons. The molecule has 2 aromatic heterocycles. The normalized spacial score (nSPS) is 19.1. The number of carbonyl (C=O) groups is 2. The molecule has 0 saturated carbocycles. The van der Waals surface area contributed by atoms with Crippen molar-refractivity contribution in [3.63, 3.8) is 0 Å². The van der Waals surface area contributed by atoms with Crippen molar-refractivity contribution in [1.82, 2.24) is 9.97 Å². The highest BCUT2D eigenvalue weighted by Gasteiger charge is 2.48. The van der Waals surface area contributed by atoms with Crippen LogP contribution in [0.4, 0.5) is 5.13 Å². The number of para-hydroxylation sites is 1. The number of amides is 1. The van der Waals surface area contributed by atoms with Gasteiger partial charge in [-0.3, -0.25) is 19.5 Å². The van der Waals surface area contributed by atoms with Crippen LogP contribution in [0.3, 0.4) is 0 Å². The van der Waals surface area contributed by atoms with Crippen molar-refractivity contribution >= 4 is 44.1 Å². The van der Waals surface area contributed by atoms with E-state index in [0.717, 1.165) is 10.2 Å². The summed E-state index contributed by atoms with van der Waals surface area (Å²) in [7, 11) is 0. The lowest BCUT2D eigenvalue weighted by Crippen LogP contribution is -2.29. The van der Waals surface area contributed by atoms with Crippen LogP contribution in [0.5, 0.6) is 11.5 Å². The van der Waals surface area contributed by atoms with Gasteiger partial charge in [-0.15, -0.1) is 0 Å². The SMILES string of the molecule is O=C1C(=O)N(c2nc3ccccc3s2)C(c2ccncc2)/C1=C(\O)c1ccc2c(c1)OCCO2. The van der Waals surface area contributed by atoms with Crippen molar-refractivity contribution in [2.45, 2.75) is 6.04 Å². The summed E-state index contributed by atoms with van der Waals surface area (Å²) in [4.78, 5) is 36.6. The third-order valence-electron chi connectivity index (χ3n) is 5.77. The van der Waals surface area contributed by atoms with Crippen molar-refractivity contribution in [1.29, 1.82) is 0 Å². The highest BCUT2D eigenvalue weighted by atomic mass is 32.1. The number of rotatable bonds is 3. The Morgan fingerprint density at radius 1 is 1.00 bits per heavy atom. The molecule has 2 aromatic carbocycles. The first-order chi connectivity index (χ1) is 16.6. The molecule has 1 N–H and O–H groups in total. The molecule has 0 bridgehead atoms. The van der Waals surface area contributed by atoms with Crippen LogP contribution in [-0.2, 0) is 9.59 Å². The molecule has 1 saturated heterocycles. The Kier molecular flexibility index (Phi) is 4.77. The molecule has 4 heterocycles. The Morgan fingerprint density at radius 3 is 2.56 bits per heavy atom. The standard InChI is InChI=1S/C25H17N3O5S/c29-22(15-5-6-17-18(13-15)33-12-11-32-17)20-21(14-7-9-26-10-8-14)28(24(31)23(20)30)25-27-16-3-1-2-4-19(16)34-25/h1-10,13,21,29H,11-12H2/b22-20+. The first-order valence-electron chi connectivity index (χ1n) is 10.6. The van der Waals surface area contributed by atoms with Gasteiger partial charge in [0.05, 0.1) is 21.8 Å². The number of aliphatic hydroxyl groups excluding tert-OH is 1. The number of anilines is 1.